The predicted octanol–water partition coefficient (Wildman–Crippen LogP) is 1.08. The standard InChI is InChI=1S/C16H23N3O/c20-16-15(12-14-6-2-1-3-7-14)17-13-19(16)11-10-18-8-4-5-9-18/h1-3,6-7,15,17H,4-5,8-13H2. The molecule has 2 aliphatic rings. The molecule has 4 nitrogen and oxygen atoms in total. The van der Waals surface area contributed by atoms with Crippen molar-refractivity contribution >= 4 is 5.91 Å². The Hall–Kier alpha value is -1.39. The summed E-state index contributed by atoms with van der Waals surface area (Å²) in [6.07, 6.45) is 3.41. The summed E-state index contributed by atoms with van der Waals surface area (Å²) in [6.45, 7) is 4.97. The highest BCUT2D eigenvalue weighted by molar-refractivity contribution is 5.84. The lowest BCUT2D eigenvalue weighted by Gasteiger charge is -2.20. The molecule has 0 aromatic heterocycles. The van der Waals surface area contributed by atoms with E-state index in [4.69, 9.17) is 0 Å². The van der Waals surface area contributed by atoms with Crippen molar-refractivity contribution < 1.29 is 4.79 Å². The normalized spacial score (nSPS) is 23.7. The number of hydrogen-bond donors (Lipinski definition) is 1. The zero-order valence-corrected chi connectivity index (χ0v) is 11.9. The molecule has 1 N–H and O–H groups in total. The average molecular weight is 273 g/mol. The first-order chi connectivity index (χ1) is 9.83. The fraction of sp³-hybridized carbons (Fsp3) is 0.562. The molecule has 0 saturated carbocycles. The zero-order chi connectivity index (χ0) is 13.8. The molecular weight excluding hydrogens is 250 g/mol. The van der Waals surface area contributed by atoms with E-state index in [9.17, 15) is 4.79 Å². The van der Waals surface area contributed by atoms with E-state index in [0.717, 1.165) is 19.5 Å². The van der Waals surface area contributed by atoms with Gasteiger partial charge in [-0.15, -0.1) is 0 Å². The number of carbonyl (C=O) groups excluding carboxylic acids is 1. The van der Waals surface area contributed by atoms with E-state index < -0.39 is 0 Å². The Morgan fingerprint density at radius 1 is 1.10 bits per heavy atom. The average Bonchev–Trinajstić information content (AvgIpc) is 3.10. The Labute approximate surface area is 120 Å². The first kappa shape index (κ1) is 13.6. The second-order valence-electron chi connectivity index (χ2n) is 5.75. The highest BCUT2D eigenvalue weighted by atomic mass is 16.2. The number of carbonyl (C=O) groups is 1. The summed E-state index contributed by atoms with van der Waals surface area (Å²) in [4.78, 5) is 16.8. The van der Waals surface area contributed by atoms with Crippen LogP contribution in [0, 0.1) is 0 Å². The van der Waals surface area contributed by atoms with Crippen molar-refractivity contribution in [2.75, 3.05) is 32.8 Å². The first-order valence-corrected chi connectivity index (χ1v) is 7.61. The van der Waals surface area contributed by atoms with Crippen molar-refractivity contribution in [2.24, 2.45) is 0 Å². The van der Waals surface area contributed by atoms with Gasteiger partial charge in [0, 0.05) is 13.1 Å². The van der Waals surface area contributed by atoms with Crippen LogP contribution in [0.2, 0.25) is 0 Å². The van der Waals surface area contributed by atoms with Crippen molar-refractivity contribution in [3.05, 3.63) is 35.9 Å². The van der Waals surface area contributed by atoms with Gasteiger partial charge < -0.3 is 9.80 Å². The van der Waals surface area contributed by atoms with Crippen LogP contribution in [0.1, 0.15) is 18.4 Å². The highest BCUT2D eigenvalue weighted by Gasteiger charge is 2.31. The highest BCUT2D eigenvalue weighted by Crippen LogP contribution is 2.12. The van der Waals surface area contributed by atoms with E-state index in [1.807, 2.05) is 23.1 Å². The van der Waals surface area contributed by atoms with Crippen LogP contribution in [0.5, 0.6) is 0 Å². The van der Waals surface area contributed by atoms with Gasteiger partial charge in [0.2, 0.25) is 5.91 Å². The van der Waals surface area contributed by atoms with Gasteiger partial charge in [-0.05, 0) is 37.9 Å². The van der Waals surface area contributed by atoms with Gasteiger partial charge >= 0.3 is 0 Å². The molecule has 0 aliphatic carbocycles. The van der Waals surface area contributed by atoms with Crippen LogP contribution in [-0.2, 0) is 11.2 Å². The molecule has 2 saturated heterocycles. The van der Waals surface area contributed by atoms with Crippen LogP contribution in [0.4, 0.5) is 0 Å². The Morgan fingerprint density at radius 2 is 1.85 bits per heavy atom. The summed E-state index contributed by atoms with van der Waals surface area (Å²) in [7, 11) is 0. The minimum absolute atomic E-state index is 0.0454. The zero-order valence-electron chi connectivity index (χ0n) is 11.9. The maximum Gasteiger partial charge on any atom is 0.241 e. The van der Waals surface area contributed by atoms with Crippen molar-refractivity contribution in [1.29, 1.82) is 0 Å². The number of rotatable bonds is 5. The predicted molar refractivity (Wildman–Crippen MR) is 79.3 cm³/mol. The van der Waals surface area contributed by atoms with Crippen molar-refractivity contribution in [2.45, 2.75) is 25.3 Å². The molecule has 4 heteroatoms. The van der Waals surface area contributed by atoms with Gasteiger partial charge in [0.05, 0.1) is 12.7 Å². The van der Waals surface area contributed by atoms with Crippen LogP contribution in [0.15, 0.2) is 30.3 Å². The van der Waals surface area contributed by atoms with Crippen molar-refractivity contribution in [3.8, 4) is 0 Å². The van der Waals surface area contributed by atoms with E-state index in [2.05, 4.69) is 22.3 Å². The number of hydrogen-bond acceptors (Lipinski definition) is 3. The van der Waals surface area contributed by atoms with Gasteiger partial charge in [-0.25, -0.2) is 0 Å². The van der Waals surface area contributed by atoms with E-state index in [-0.39, 0.29) is 11.9 Å². The third-order valence-corrected chi connectivity index (χ3v) is 4.31. The summed E-state index contributed by atoms with van der Waals surface area (Å²) >= 11 is 0. The molecule has 0 radical (unpaired) electrons. The quantitative estimate of drug-likeness (QED) is 0.872. The van der Waals surface area contributed by atoms with Crippen LogP contribution in [0.3, 0.4) is 0 Å². The largest absolute Gasteiger partial charge is 0.327 e. The topological polar surface area (TPSA) is 35.6 Å². The molecule has 1 unspecified atom stereocenters. The van der Waals surface area contributed by atoms with Crippen LogP contribution in [-0.4, -0.2) is 54.6 Å². The smallest absolute Gasteiger partial charge is 0.241 e. The molecular formula is C16H23N3O. The number of benzene rings is 1. The number of amides is 1. The van der Waals surface area contributed by atoms with Gasteiger partial charge in [-0.2, -0.15) is 0 Å². The molecule has 1 atom stereocenters. The fourth-order valence-electron chi connectivity index (χ4n) is 3.07. The van der Waals surface area contributed by atoms with Gasteiger partial charge in [-0.3, -0.25) is 10.1 Å². The molecule has 0 bridgehead atoms. The molecule has 3 rings (SSSR count). The summed E-state index contributed by atoms with van der Waals surface area (Å²) in [5.74, 6) is 0.257. The number of likely N-dealkylation sites (tertiary alicyclic amines) is 1. The second kappa shape index (κ2) is 6.37. The molecule has 1 amide bonds. The number of nitrogens with one attached hydrogen (secondary N) is 1. The van der Waals surface area contributed by atoms with Crippen LogP contribution in [0.25, 0.3) is 0 Å². The molecule has 2 heterocycles. The lowest BCUT2D eigenvalue weighted by molar-refractivity contribution is -0.129. The summed E-state index contributed by atoms with van der Waals surface area (Å²) in [6, 6.07) is 10.2. The van der Waals surface area contributed by atoms with Crippen molar-refractivity contribution in [3.63, 3.8) is 0 Å². The van der Waals surface area contributed by atoms with E-state index in [1.54, 1.807) is 0 Å². The first-order valence-electron chi connectivity index (χ1n) is 7.61. The van der Waals surface area contributed by atoms with E-state index in [1.165, 1.54) is 31.5 Å². The van der Waals surface area contributed by atoms with Crippen LogP contribution < -0.4 is 5.32 Å². The second-order valence-corrected chi connectivity index (χ2v) is 5.75. The summed E-state index contributed by atoms with van der Waals surface area (Å²) in [5.41, 5.74) is 1.22. The lowest BCUT2D eigenvalue weighted by Crippen LogP contribution is -2.37. The molecule has 1 aromatic carbocycles. The molecule has 2 fully saturated rings. The Morgan fingerprint density at radius 3 is 2.60 bits per heavy atom. The van der Waals surface area contributed by atoms with Crippen LogP contribution >= 0.6 is 0 Å². The third kappa shape index (κ3) is 3.19. The van der Waals surface area contributed by atoms with Gasteiger partial charge in [-0.1, -0.05) is 30.3 Å². The number of nitrogens with zero attached hydrogens (tertiary/aromatic N) is 2. The SMILES string of the molecule is O=C1C(Cc2ccccc2)NCN1CCN1CCCC1. The third-order valence-electron chi connectivity index (χ3n) is 4.31. The molecule has 108 valence electrons. The Balaban J connectivity index is 1.49. The maximum atomic E-state index is 12.4. The Kier molecular flexibility index (Phi) is 4.33. The van der Waals surface area contributed by atoms with E-state index >= 15 is 0 Å². The maximum absolute atomic E-state index is 12.4. The summed E-state index contributed by atoms with van der Waals surface area (Å²) in [5, 5.41) is 3.34. The fourth-order valence-corrected chi connectivity index (χ4v) is 3.07. The van der Waals surface area contributed by atoms with Crippen molar-refractivity contribution in [1.82, 2.24) is 15.1 Å². The van der Waals surface area contributed by atoms with Gasteiger partial charge in [0.15, 0.2) is 0 Å². The molecule has 2 aliphatic heterocycles. The molecule has 1 aromatic rings. The molecule has 20 heavy (non-hydrogen) atoms. The minimum Gasteiger partial charge on any atom is -0.327 e. The van der Waals surface area contributed by atoms with Gasteiger partial charge in [0.1, 0.15) is 0 Å². The lowest BCUT2D eigenvalue weighted by atomic mass is 10.1. The summed E-state index contributed by atoms with van der Waals surface area (Å²) < 4.78 is 0. The Bertz CT molecular complexity index is 442. The molecule has 0 spiro atoms. The minimum atomic E-state index is -0.0454. The van der Waals surface area contributed by atoms with Gasteiger partial charge in [0.25, 0.3) is 0 Å². The monoisotopic (exact) mass is 273 g/mol. The van der Waals surface area contributed by atoms with E-state index in [0.29, 0.717) is 6.67 Å².